The van der Waals surface area contributed by atoms with Gasteiger partial charge in [-0.1, -0.05) is 30.3 Å². The molecule has 2 aromatic rings. The van der Waals surface area contributed by atoms with Crippen molar-refractivity contribution in [1.82, 2.24) is 0 Å². The molecule has 0 radical (unpaired) electrons. The molecule has 21 heavy (non-hydrogen) atoms. The molecule has 0 saturated heterocycles. The Labute approximate surface area is 165 Å². The summed E-state index contributed by atoms with van der Waals surface area (Å²) < 4.78 is 42.9. The van der Waals surface area contributed by atoms with Crippen LogP contribution in [0.25, 0.3) is 0 Å². The van der Waals surface area contributed by atoms with Crippen LogP contribution in [-0.4, -0.2) is 6.98 Å². The normalized spacial score (nSPS) is 10.9. The monoisotopic (exact) mass is 318 g/mol. The first-order valence-electron chi connectivity index (χ1n) is 6.35. The number of benzene rings is 2. The molecule has 0 heterocycles. The standard InChI is InChI=1S/C15H15BF3O.K/c1-11-3-4-13(9-12(11)2)10-20-15-7-5-14(6-8-15)16(17,18)19;/h3-9H,10H2,1-2H3;/q-1;+1. The molecular weight excluding hydrogens is 303 g/mol. The van der Waals surface area contributed by atoms with Gasteiger partial charge in [0.25, 0.3) is 0 Å². The minimum Gasteiger partial charge on any atom is -0.489 e. The average Bonchev–Trinajstić information content (AvgIpc) is 2.40. The zero-order valence-corrected chi connectivity index (χ0v) is 15.5. The van der Waals surface area contributed by atoms with Gasteiger partial charge in [0.05, 0.1) is 0 Å². The molecule has 0 N–H and O–H groups in total. The van der Waals surface area contributed by atoms with E-state index in [1.807, 2.05) is 32.0 Å². The van der Waals surface area contributed by atoms with Gasteiger partial charge < -0.3 is 17.7 Å². The maximum Gasteiger partial charge on any atom is 1.00 e. The van der Waals surface area contributed by atoms with E-state index >= 15 is 0 Å². The van der Waals surface area contributed by atoms with Crippen molar-refractivity contribution < 1.29 is 69.1 Å². The summed E-state index contributed by atoms with van der Waals surface area (Å²) in [5.41, 5.74) is 2.76. The number of halogens is 3. The number of rotatable bonds is 4. The zero-order chi connectivity index (χ0) is 14.8. The molecule has 106 valence electrons. The van der Waals surface area contributed by atoms with Crippen molar-refractivity contribution in [3.8, 4) is 5.75 Å². The second-order valence-corrected chi connectivity index (χ2v) is 4.85. The summed E-state index contributed by atoms with van der Waals surface area (Å²) in [6.07, 6.45) is 0. The van der Waals surface area contributed by atoms with Gasteiger partial charge in [0.2, 0.25) is 0 Å². The fraction of sp³-hybridized carbons (Fsp3) is 0.200. The van der Waals surface area contributed by atoms with E-state index in [9.17, 15) is 12.9 Å². The van der Waals surface area contributed by atoms with Crippen LogP contribution in [0.4, 0.5) is 12.9 Å². The minimum atomic E-state index is -4.94. The van der Waals surface area contributed by atoms with E-state index in [-0.39, 0.29) is 51.4 Å². The fourth-order valence-electron chi connectivity index (χ4n) is 1.84. The second kappa shape index (κ2) is 7.83. The molecule has 0 bridgehead atoms. The van der Waals surface area contributed by atoms with E-state index in [1.54, 1.807) is 0 Å². The molecular formula is C15H15BF3KO. The van der Waals surface area contributed by atoms with Gasteiger partial charge in [-0.15, -0.1) is 5.46 Å². The van der Waals surface area contributed by atoms with E-state index < -0.39 is 12.4 Å². The summed E-state index contributed by atoms with van der Waals surface area (Å²) in [5.74, 6) is 0.437. The molecule has 0 amide bonds. The van der Waals surface area contributed by atoms with Gasteiger partial charge in [0.15, 0.2) is 0 Å². The van der Waals surface area contributed by atoms with Crippen LogP contribution in [-0.2, 0) is 6.61 Å². The van der Waals surface area contributed by atoms with Crippen LogP contribution in [0, 0.1) is 13.8 Å². The molecule has 2 aromatic carbocycles. The van der Waals surface area contributed by atoms with Gasteiger partial charge in [-0.25, -0.2) is 0 Å². The summed E-state index contributed by atoms with van der Waals surface area (Å²) >= 11 is 0. The second-order valence-electron chi connectivity index (χ2n) is 4.85. The van der Waals surface area contributed by atoms with Crippen molar-refractivity contribution in [3.05, 3.63) is 59.2 Å². The van der Waals surface area contributed by atoms with E-state index in [2.05, 4.69) is 0 Å². The average molecular weight is 318 g/mol. The van der Waals surface area contributed by atoms with Gasteiger partial charge in [-0.05, 0) is 42.7 Å². The molecule has 0 unspecified atom stereocenters. The largest absolute Gasteiger partial charge is 1.00 e. The zero-order valence-electron chi connectivity index (χ0n) is 12.4. The molecule has 2 rings (SSSR count). The topological polar surface area (TPSA) is 9.23 Å². The molecule has 6 heteroatoms. The Balaban J connectivity index is 0.00000220. The van der Waals surface area contributed by atoms with Gasteiger partial charge in [-0.3, -0.25) is 0 Å². The SMILES string of the molecule is Cc1ccc(COc2ccc([B-](F)(F)F)cc2)cc1C.[K+]. The number of aryl methyl sites for hydroxylation is 2. The van der Waals surface area contributed by atoms with Crippen molar-refractivity contribution in [2.45, 2.75) is 20.5 Å². The third-order valence-electron chi connectivity index (χ3n) is 3.23. The summed E-state index contributed by atoms with van der Waals surface area (Å²) in [7, 11) is 0. The Bertz CT molecular complexity index is 597. The maximum atomic E-state index is 12.5. The van der Waals surface area contributed by atoms with Gasteiger partial charge in [0.1, 0.15) is 12.4 Å². The van der Waals surface area contributed by atoms with Crippen molar-refractivity contribution in [2.24, 2.45) is 0 Å². The molecule has 0 fully saturated rings. The summed E-state index contributed by atoms with van der Waals surface area (Å²) in [4.78, 5) is 0. The van der Waals surface area contributed by atoms with E-state index in [0.29, 0.717) is 12.4 Å². The molecule has 0 aromatic heterocycles. The molecule has 1 nitrogen and oxygen atoms in total. The Morgan fingerprint density at radius 2 is 1.52 bits per heavy atom. The van der Waals surface area contributed by atoms with E-state index in [1.165, 1.54) is 23.3 Å². The fourth-order valence-corrected chi connectivity index (χ4v) is 1.84. The van der Waals surface area contributed by atoms with Crippen molar-refractivity contribution in [2.75, 3.05) is 0 Å². The maximum absolute atomic E-state index is 12.5. The van der Waals surface area contributed by atoms with Gasteiger partial charge >= 0.3 is 58.4 Å². The van der Waals surface area contributed by atoms with Crippen molar-refractivity contribution >= 4 is 12.4 Å². The van der Waals surface area contributed by atoms with Crippen LogP contribution in [0.15, 0.2) is 42.5 Å². The van der Waals surface area contributed by atoms with Crippen LogP contribution >= 0.6 is 0 Å². The third-order valence-corrected chi connectivity index (χ3v) is 3.23. The number of ether oxygens (including phenoxy) is 1. The Kier molecular flexibility index (Phi) is 7.00. The molecule has 0 aliphatic rings. The van der Waals surface area contributed by atoms with Crippen molar-refractivity contribution in [1.29, 1.82) is 0 Å². The van der Waals surface area contributed by atoms with E-state index in [0.717, 1.165) is 17.7 Å². The Morgan fingerprint density at radius 1 is 0.905 bits per heavy atom. The first-order valence-corrected chi connectivity index (χ1v) is 6.35. The van der Waals surface area contributed by atoms with E-state index in [4.69, 9.17) is 4.74 Å². The van der Waals surface area contributed by atoms with Crippen LogP contribution in [0.1, 0.15) is 16.7 Å². The first kappa shape index (κ1) is 18.8. The summed E-state index contributed by atoms with van der Waals surface area (Å²) in [5, 5.41) is 0. The Hall–Kier alpha value is -0.269. The van der Waals surface area contributed by atoms with Crippen LogP contribution in [0.2, 0.25) is 0 Å². The summed E-state index contributed by atoms with van der Waals surface area (Å²) in [6, 6.07) is 10.8. The molecule has 0 atom stereocenters. The van der Waals surface area contributed by atoms with Crippen molar-refractivity contribution in [3.63, 3.8) is 0 Å². The minimum absolute atomic E-state index is 0. The van der Waals surface area contributed by atoms with Crippen LogP contribution < -0.4 is 61.6 Å². The molecule has 0 saturated carbocycles. The molecule has 0 aliphatic heterocycles. The molecule has 0 aliphatic carbocycles. The van der Waals surface area contributed by atoms with Gasteiger partial charge in [0, 0.05) is 0 Å². The van der Waals surface area contributed by atoms with Gasteiger partial charge in [-0.2, -0.15) is 0 Å². The van der Waals surface area contributed by atoms with Crippen LogP contribution in [0.3, 0.4) is 0 Å². The smallest absolute Gasteiger partial charge is 0.489 e. The quantitative estimate of drug-likeness (QED) is 0.763. The predicted octanol–water partition coefficient (Wildman–Crippen LogP) is 0.941. The number of hydrogen-bond acceptors (Lipinski definition) is 1. The first-order chi connectivity index (χ1) is 9.36. The predicted molar refractivity (Wildman–Crippen MR) is 75.4 cm³/mol. The Morgan fingerprint density at radius 3 is 2.05 bits per heavy atom. The molecule has 0 spiro atoms. The summed E-state index contributed by atoms with van der Waals surface area (Å²) in [6.45, 7) is -0.560. The number of hydrogen-bond donors (Lipinski definition) is 0. The third kappa shape index (κ3) is 5.45. The van der Waals surface area contributed by atoms with Crippen LogP contribution in [0.5, 0.6) is 5.75 Å².